The van der Waals surface area contributed by atoms with E-state index in [-0.39, 0.29) is 0 Å². The second-order valence-corrected chi connectivity index (χ2v) is 6.20. The minimum absolute atomic E-state index is 0.408. The summed E-state index contributed by atoms with van der Waals surface area (Å²) in [6, 6.07) is 10.3. The summed E-state index contributed by atoms with van der Waals surface area (Å²) >= 11 is 11.8. The molecular weight excluding hydrogens is 377 g/mol. The molecule has 0 aliphatic heterocycles. The van der Waals surface area contributed by atoms with Gasteiger partial charge in [0.2, 0.25) is 0 Å². The summed E-state index contributed by atoms with van der Waals surface area (Å²) in [7, 11) is 1.51. The summed E-state index contributed by atoms with van der Waals surface area (Å²) in [6.07, 6.45) is 2.68. The lowest BCUT2D eigenvalue weighted by atomic mass is 10.2. The molecule has 0 saturated heterocycles. The molecule has 26 heavy (non-hydrogen) atoms. The Bertz CT molecular complexity index is 849. The molecule has 5 nitrogen and oxygen atoms in total. The van der Waals surface area contributed by atoms with E-state index in [4.69, 9.17) is 32.7 Å². The van der Waals surface area contributed by atoms with Crippen LogP contribution < -0.4 is 10.1 Å². The summed E-state index contributed by atoms with van der Waals surface area (Å²) in [5.41, 5.74) is 2.08. The van der Waals surface area contributed by atoms with E-state index in [9.17, 15) is 9.59 Å². The van der Waals surface area contributed by atoms with Crippen molar-refractivity contribution in [2.24, 2.45) is 0 Å². The minimum atomic E-state index is -0.664. The van der Waals surface area contributed by atoms with Crippen LogP contribution in [-0.2, 0) is 14.3 Å². The third-order valence-electron chi connectivity index (χ3n) is 3.34. The fourth-order valence-corrected chi connectivity index (χ4v) is 2.56. The zero-order valence-electron chi connectivity index (χ0n) is 14.2. The van der Waals surface area contributed by atoms with Crippen molar-refractivity contribution in [2.45, 2.75) is 6.92 Å². The van der Waals surface area contributed by atoms with Gasteiger partial charge in [0, 0.05) is 16.1 Å². The van der Waals surface area contributed by atoms with E-state index in [0.717, 1.165) is 5.56 Å². The van der Waals surface area contributed by atoms with Crippen LogP contribution in [0.1, 0.15) is 11.1 Å². The van der Waals surface area contributed by atoms with Crippen molar-refractivity contribution in [3.63, 3.8) is 0 Å². The predicted octanol–water partition coefficient (Wildman–Crippen LogP) is 4.51. The summed E-state index contributed by atoms with van der Waals surface area (Å²) < 4.78 is 10.1. The van der Waals surface area contributed by atoms with Gasteiger partial charge in [-0.05, 0) is 48.4 Å². The number of benzene rings is 2. The van der Waals surface area contributed by atoms with Crippen LogP contribution in [0.2, 0.25) is 10.0 Å². The number of aryl methyl sites for hydroxylation is 1. The van der Waals surface area contributed by atoms with Gasteiger partial charge >= 0.3 is 5.97 Å². The van der Waals surface area contributed by atoms with Crippen LogP contribution in [0.25, 0.3) is 6.08 Å². The molecule has 0 radical (unpaired) electrons. The number of rotatable bonds is 6. The second-order valence-electron chi connectivity index (χ2n) is 5.36. The highest BCUT2D eigenvalue weighted by atomic mass is 35.5. The lowest BCUT2D eigenvalue weighted by Gasteiger charge is -2.10. The van der Waals surface area contributed by atoms with Crippen LogP contribution in [0, 0.1) is 6.92 Å². The van der Waals surface area contributed by atoms with Gasteiger partial charge in [-0.2, -0.15) is 0 Å². The molecule has 0 spiro atoms. The molecule has 2 aromatic rings. The largest absolute Gasteiger partial charge is 0.495 e. The Hall–Kier alpha value is -2.50. The van der Waals surface area contributed by atoms with Crippen LogP contribution >= 0.6 is 23.2 Å². The lowest BCUT2D eigenvalue weighted by Crippen LogP contribution is -2.20. The van der Waals surface area contributed by atoms with Gasteiger partial charge in [-0.15, -0.1) is 0 Å². The average molecular weight is 394 g/mol. The number of carbonyl (C=O) groups is 2. The molecule has 0 saturated carbocycles. The highest BCUT2D eigenvalue weighted by Crippen LogP contribution is 2.25. The monoisotopic (exact) mass is 393 g/mol. The molecule has 0 aliphatic rings. The molecular formula is C19H17Cl2NO4. The molecule has 2 aromatic carbocycles. The number of ether oxygens (including phenoxy) is 2. The average Bonchev–Trinajstić information content (AvgIpc) is 2.59. The van der Waals surface area contributed by atoms with Gasteiger partial charge in [-0.1, -0.05) is 35.3 Å². The van der Waals surface area contributed by atoms with E-state index in [0.29, 0.717) is 27.0 Å². The smallest absolute Gasteiger partial charge is 0.331 e. The Morgan fingerprint density at radius 1 is 1.15 bits per heavy atom. The number of hydrogen-bond acceptors (Lipinski definition) is 4. The van der Waals surface area contributed by atoms with Crippen molar-refractivity contribution in [3.05, 3.63) is 63.6 Å². The minimum Gasteiger partial charge on any atom is -0.495 e. The van der Waals surface area contributed by atoms with Gasteiger partial charge in [-0.3, -0.25) is 4.79 Å². The van der Waals surface area contributed by atoms with Gasteiger partial charge in [0.05, 0.1) is 12.8 Å². The normalized spacial score (nSPS) is 10.6. The number of carbonyl (C=O) groups excluding carboxylic acids is 2. The van der Waals surface area contributed by atoms with Gasteiger partial charge in [0.1, 0.15) is 5.75 Å². The molecule has 0 bridgehead atoms. The first-order chi connectivity index (χ1) is 12.4. The summed E-state index contributed by atoms with van der Waals surface area (Å²) in [5.74, 6) is -0.616. The Kier molecular flexibility index (Phi) is 7.06. The maximum absolute atomic E-state index is 12.0. The highest BCUT2D eigenvalue weighted by molar-refractivity contribution is 6.35. The maximum Gasteiger partial charge on any atom is 0.331 e. The zero-order chi connectivity index (χ0) is 19.1. The number of anilines is 1. The van der Waals surface area contributed by atoms with E-state index >= 15 is 0 Å². The SMILES string of the molecule is COc1ccc(C)cc1NC(=O)COC(=O)/C=C/c1ccc(Cl)cc1Cl. The lowest BCUT2D eigenvalue weighted by molar-refractivity contribution is -0.142. The van der Waals surface area contributed by atoms with Gasteiger partial charge in [0.15, 0.2) is 6.61 Å². The molecule has 136 valence electrons. The van der Waals surface area contributed by atoms with Crippen LogP contribution in [-0.4, -0.2) is 25.6 Å². The number of esters is 1. The summed E-state index contributed by atoms with van der Waals surface area (Å²) in [5, 5.41) is 3.55. The van der Waals surface area contributed by atoms with Crippen LogP contribution in [0.15, 0.2) is 42.5 Å². The van der Waals surface area contributed by atoms with Gasteiger partial charge < -0.3 is 14.8 Å². The molecule has 1 N–H and O–H groups in total. The Morgan fingerprint density at radius 2 is 1.92 bits per heavy atom. The van der Waals surface area contributed by atoms with Crippen LogP contribution in [0.3, 0.4) is 0 Å². The zero-order valence-corrected chi connectivity index (χ0v) is 15.7. The Morgan fingerprint density at radius 3 is 2.62 bits per heavy atom. The fourth-order valence-electron chi connectivity index (χ4n) is 2.09. The number of amides is 1. The standard InChI is InChI=1S/C19H17Cl2NO4/c1-12-3-7-17(25-2)16(9-12)22-18(23)11-26-19(24)8-5-13-4-6-14(20)10-15(13)21/h3-10H,11H2,1-2H3,(H,22,23)/b8-5+. The number of hydrogen-bond donors (Lipinski definition) is 1. The van der Waals surface area contributed by atoms with Crippen molar-refractivity contribution in [1.29, 1.82) is 0 Å². The van der Waals surface area contributed by atoms with Crippen molar-refractivity contribution < 1.29 is 19.1 Å². The van der Waals surface area contributed by atoms with Crippen molar-refractivity contribution >= 4 is 46.8 Å². The number of halogens is 2. The highest BCUT2D eigenvalue weighted by Gasteiger charge is 2.10. The Balaban J connectivity index is 1.90. The van der Waals surface area contributed by atoms with E-state index in [1.54, 1.807) is 30.3 Å². The topological polar surface area (TPSA) is 64.6 Å². The van der Waals surface area contributed by atoms with Gasteiger partial charge in [-0.25, -0.2) is 4.79 Å². The molecule has 0 heterocycles. The van der Waals surface area contributed by atoms with E-state index < -0.39 is 18.5 Å². The quantitative estimate of drug-likeness (QED) is 0.579. The third-order valence-corrected chi connectivity index (χ3v) is 3.90. The molecule has 0 aromatic heterocycles. The Labute approximate surface area is 161 Å². The van der Waals surface area contributed by atoms with E-state index in [1.165, 1.54) is 19.3 Å². The van der Waals surface area contributed by atoms with Crippen molar-refractivity contribution in [2.75, 3.05) is 19.0 Å². The molecule has 0 atom stereocenters. The molecule has 2 rings (SSSR count). The predicted molar refractivity (Wildman–Crippen MR) is 103 cm³/mol. The first-order valence-electron chi connectivity index (χ1n) is 7.63. The molecule has 1 amide bonds. The third kappa shape index (κ3) is 5.79. The van der Waals surface area contributed by atoms with Crippen LogP contribution in [0.4, 0.5) is 5.69 Å². The summed E-state index contributed by atoms with van der Waals surface area (Å²) in [6.45, 7) is 1.47. The van der Waals surface area contributed by atoms with E-state index in [2.05, 4.69) is 5.32 Å². The van der Waals surface area contributed by atoms with Crippen molar-refractivity contribution in [1.82, 2.24) is 0 Å². The second kappa shape index (κ2) is 9.27. The van der Waals surface area contributed by atoms with Gasteiger partial charge in [0.25, 0.3) is 5.91 Å². The number of nitrogens with one attached hydrogen (secondary N) is 1. The van der Waals surface area contributed by atoms with Crippen molar-refractivity contribution in [3.8, 4) is 5.75 Å². The molecule has 0 aliphatic carbocycles. The summed E-state index contributed by atoms with van der Waals surface area (Å²) in [4.78, 5) is 23.7. The fraction of sp³-hybridized carbons (Fsp3) is 0.158. The first kappa shape index (κ1) is 19.8. The number of methoxy groups -OCH3 is 1. The molecule has 0 fully saturated rings. The first-order valence-corrected chi connectivity index (χ1v) is 8.39. The van der Waals surface area contributed by atoms with Crippen LogP contribution in [0.5, 0.6) is 5.75 Å². The maximum atomic E-state index is 12.0. The molecule has 0 unspecified atom stereocenters. The van der Waals surface area contributed by atoms with E-state index in [1.807, 2.05) is 13.0 Å². The molecule has 7 heteroatoms.